The molecule has 27 heavy (non-hydrogen) atoms. The summed E-state index contributed by atoms with van der Waals surface area (Å²) in [5.74, 6) is 1.99. The third kappa shape index (κ3) is 4.98. The van der Waals surface area contributed by atoms with E-state index >= 15 is 0 Å². The zero-order chi connectivity index (χ0) is 19.2. The number of aromatic nitrogens is 1. The van der Waals surface area contributed by atoms with E-state index in [9.17, 15) is 4.79 Å². The van der Waals surface area contributed by atoms with E-state index in [0.717, 1.165) is 34.2 Å². The first-order valence-electron chi connectivity index (χ1n) is 9.06. The molecule has 7 heteroatoms. The van der Waals surface area contributed by atoms with Crippen molar-refractivity contribution in [2.75, 3.05) is 19.9 Å². The van der Waals surface area contributed by atoms with Gasteiger partial charge in [0.05, 0.1) is 24.6 Å². The zero-order valence-corrected chi connectivity index (χ0v) is 16.4. The van der Waals surface area contributed by atoms with Gasteiger partial charge in [-0.15, -0.1) is 11.3 Å². The number of carbonyl (C=O) groups excluding carboxylic acids is 1. The van der Waals surface area contributed by atoms with Crippen LogP contribution in [-0.2, 0) is 11.2 Å². The van der Waals surface area contributed by atoms with Crippen LogP contribution in [0.2, 0.25) is 0 Å². The van der Waals surface area contributed by atoms with Crippen molar-refractivity contribution < 1.29 is 14.3 Å². The molecule has 0 saturated heterocycles. The average Bonchev–Trinajstić information content (AvgIpc) is 3.29. The minimum absolute atomic E-state index is 0.0217. The van der Waals surface area contributed by atoms with E-state index in [4.69, 9.17) is 14.7 Å². The number of nitrogens with zero attached hydrogens (tertiary/aromatic N) is 3. The summed E-state index contributed by atoms with van der Waals surface area (Å²) in [6.45, 7) is 5.65. The Balaban J connectivity index is 1.66. The lowest BCUT2D eigenvalue weighted by Crippen LogP contribution is -2.34. The number of hydrogen-bond acceptors (Lipinski definition) is 6. The summed E-state index contributed by atoms with van der Waals surface area (Å²) >= 11 is 1.51. The summed E-state index contributed by atoms with van der Waals surface area (Å²) in [7, 11) is 0. The first-order valence-corrected chi connectivity index (χ1v) is 9.94. The van der Waals surface area contributed by atoms with E-state index in [2.05, 4.69) is 24.9 Å². The number of thiazole rings is 1. The van der Waals surface area contributed by atoms with Gasteiger partial charge in [0.15, 0.2) is 11.5 Å². The average molecular weight is 385 g/mol. The van der Waals surface area contributed by atoms with Gasteiger partial charge in [-0.3, -0.25) is 4.79 Å². The second kappa shape index (κ2) is 8.87. The van der Waals surface area contributed by atoms with Gasteiger partial charge in [0.1, 0.15) is 5.01 Å². The molecule has 0 unspecified atom stereocenters. The standard InChI is InChI=1S/C20H23N3O3S/c1-14(2)6-9-23(8-3-7-21)19(24)11-16-12-27-20(22-16)15-4-5-17-18(10-15)26-13-25-17/h4-5,10,12,14H,3,6,8-9,11,13H2,1-2H3. The molecule has 1 amide bonds. The van der Waals surface area contributed by atoms with Gasteiger partial charge in [-0.05, 0) is 30.5 Å². The number of amides is 1. The Labute approximate surface area is 163 Å². The highest BCUT2D eigenvalue weighted by atomic mass is 32.1. The van der Waals surface area contributed by atoms with Crippen LogP contribution in [0.5, 0.6) is 11.5 Å². The fraction of sp³-hybridized carbons (Fsp3) is 0.450. The molecule has 2 aromatic rings. The number of rotatable bonds is 8. The van der Waals surface area contributed by atoms with E-state index in [1.807, 2.05) is 23.6 Å². The lowest BCUT2D eigenvalue weighted by atomic mass is 10.1. The van der Waals surface area contributed by atoms with Crippen LogP contribution < -0.4 is 9.47 Å². The van der Waals surface area contributed by atoms with Crippen molar-refractivity contribution in [2.45, 2.75) is 33.1 Å². The van der Waals surface area contributed by atoms with Crippen LogP contribution in [0.4, 0.5) is 0 Å². The number of fused-ring (bicyclic) bond motifs is 1. The van der Waals surface area contributed by atoms with Crippen molar-refractivity contribution in [3.63, 3.8) is 0 Å². The quantitative estimate of drug-likeness (QED) is 0.689. The molecule has 0 bridgehead atoms. The largest absolute Gasteiger partial charge is 0.454 e. The van der Waals surface area contributed by atoms with Crippen LogP contribution in [0.3, 0.4) is 0 Å². The smallest absolute Gasteiger partial charge is 0.231 e. The number of carbonyl (C=O) groups is 1. The molecule has 1 aromatic carbocycles. The molecule has 0 N–H and O–H groups in total. The predicted molar refractivity (Wildman–Crippen MR) is 104 cm³/mol. The third-order valence-corrected chi connectivity index (χ3v) is 5.27. The fourth-order valence-electron chi connectivity index (χ4n) is 2.78. The van der Waals surface area contributed by atoms with Crippen LogP contribution in [0.25, 0.3) is 10.6 Å². The van der Waals surface area contributed by atoms with Gasteiger partial charge < -0.3 is 14.4 Å². The highest BCUT2D eigenvalue weighted by Crippen LogP contribution is 2.36. The van der Waals surface area contributed by atoms with Crippen molar-refractivity contribution in [1.29, 1.82) is 5.26 Å². The number of hydrogen-bond donors (Lipinski definition) is 0. The molecule has 0 fully saturated rings. The van der Waals surface area contributed by atoms with E-state index in [-0.39, 0.29) is 19.1 Å². The van der Waals surface area contributed by atoms with Gasteiger partial charge >= 0.3 is 0 Å². The van der Waals surface area contributed by atoms with Gasteiger partial charge in [-0.25, -0.2) is 4.98 Å². The minimum Gasteiger partial charge on any atom is -0.454 e. The molecule has 2 heterocycles. The normalized spacial score (nSPS) is 12.2. The van der Waals surface area contributed by atoms with E-state index in [1.54, 1.807) is 4.90 Å². The lowest BCUT2D eigenvalue weighted by Gasteiger charge is -2.22. The number of nitriles is 1. The van der Waals surface area contributed by atoms with E-state index in [0.29, 0.717) is 25.4 Å². The Morgan fingerprint density at radius 1 is 1.33 bits per heavy atom. The van der Waals surface area contributed by atoms with Crippen molar-refractivity contribution in [1.82, 2.24) is 9.88 Å². The Morgan fingerprint density at radius 2 is 2.15 bits per heavy atom. The number of benzene rings is 1. The summed E-state index contributed by atoms with van der Waals surface area (Å²) in [4.78, 5) is 19.1. The van der Waals surface area contributed by atoms with Gasteiger partial charge in [0.2, 0.25) is 12.7 Å². The Bertz CT molecular complexity index is 841. The second-order valence-corrected chi connectivity index (χ2v) is 7.72. The first-order chi connectivity index (χ1) is 13.1. The van der Waals surface area contributed by atoms with Crippen LogP contribution in [-0.4, -0.2) is 35.7 Å². The van der Waals surface area contributed by atoms with Crippen molar-refractivity contribution in [3.8, 4) is 28.1 Å². The minimum atomic E-state index is 0.0217. The summed E-state index contributed by atoms with van der Waals surface area (Å²) in [6.07, 6.45) is 1.53. The molecule has 0 radical (unpaired) electrons. The molecule has 0 aliphatic carbocycles. The van der Waals surface area contributed by atoms with Gasteiger partial charge in [-0.1, -0.05) is 13.8 Å². The van der Waals surface area contributed by atoms with Crippen LogP contribution in [0, 0.1) is 17.2 Å². The second-order valence-electron chi connectivity index (χ2n) is 6.86. The SMILES string of the molecule is CC(C)CCN(CCC#N)C(=O)Cc1csc(-c2ccc3c(c2)OCO3)n1. The zero-order valence-electron chi connectivity index (χ0n) is 15.6. The molecule has 0 saturated carbocycles. The fourth-order valence-corrected chi connectivity index (χ4v) is 3.59. The lowest BCUT2D eigenvalue weighted by molar-refractivity contribution is -0.130. The summed E-state index contributed by atoms with van der Waals surface area (Å²) in [6, 6.07) is 7.85. The molecular weight excluding hydrogens is 362 g/mol. The molecule has 0 spiro atoms. The maximum Gasteiger partial charge on any atom is 0.231 e. The molecule has 3 rings (SSSR count). The maximum absolute atomic E-state index is 12.7. The van der Waals surface area contributed by atoms with Gasteiger partial charge in [0, 0.05) is 24.0 Å². The molecule has 142 valence electrons. The predicted octanol–water partition coefficient (Wildman–Crippen LogP) is 3.87. The number of ether oxygens (including phenoxy) is 2. The topological polar surface area (TPSA) is 75.5 Å². The highest BCUT2D eigenvalue weighted by molar-refractivity contribution is 7.13. The molecule has 1 aliphatic rings. The Hall–Kier alpha value is -2.59. The van der Waals surface area contributed by atoms with E-state index < -0.39 is 0 Å². The molecule has 6 nitrogen and oxygen atoms in total. The third-order valence-electron chi connectivity index (χ3n) is 4.33. The molecule has 1 aromatic heterocycles. The van der Waals surface area contributed by atoms with Crippen molar-refractivity contribution in [2.24, 2.45) is 5.92 Å². The van der Waals surface area contributed by atoms with Gasteiger partial charge in [0.25, 0.3) is 0 Å². The first kappa shape index (κ1) is 19.2. The molecule has 0 atom stereocenters. The summed E-state index contributed by atoms with van der Waals surface area (Å²) < 4.78 is 10.7. The molecule has 1 aliphatic heterocycles. The Morgan fingerprint density at radius 3 is 2.93 bits per heavy atom. The van der Waals surface area contributed by atoms with Crippen LogP contribution in [0.15, 0.2) is 23.6 Å². The molecular formula is C20H23N3O3S. The van der Waals surface area contributed by atoms with Crippen molar-refractivity contribution >= 4 is 17.2 Å². The van der Waals surface area contributed by atoms with Gasteiger partial charge in [-0.2, -0.15) is 5.26 Å². The van der Waals surface area contributed by atoms with Crippen LogP contribution >= 0.6 is 11.3 Å². The maximum atomic E-state index is 12.7. The van der Waals surface area contributed by atoms with Crippen LogP contribution in [0.1, 0.15) is 32.4 Å². The van der Waals surface area contributed by atoms with E-state index in [1.165, 1.54) is 11.3 Å². The Kier molecular flexibility index (Phi) is 6.30. The monoisotopic (exact) mass is 385 g/mol. The summed E-state index contributed by atoms with van der Waals surface area (Å²) in [5.41, 5.74) is 1.70. The summed E-state index contributed by atoms with van der Waals surface area (Å²) in [5, 5.41) is 11.6. The highest BCUT2D eigenvalue weighted by Gasteiger charge is 2.18. The van der Waals surface area contributed by atoms with Crippen molar-refractivity contribution in [3.05, 3.63) is 29.3 Å².